The van der Waals surface area contributed by atoms with E-state index in [4.69, 9.17) is 9.47 Å². The van der Waals surface area contributed by atoms with Gasteiger partial charge >= 0.3 is 0 Å². The van der Waals surface area contributed by atoms with Crippen molar-refractivity contribution < 1.29 is 19.4 Å². The molecule has 0 atom stereocenters. The summed E-state index contributed by atoms with van der Waals surface area (Å²) in [5.41, 5.74) is 0.699. The maximum Gasteiger partial charge on any atom is 0.276 e. The molecule has 9 nitrogen and oxygen atoms in total. The zero-order valence-electron chi connectivity index (χ0n) is 18.9. The predicted octanol–water partition coefficient (Wildman–Crippen LogP) is 1.56. The van der Waals surface area contributed by atoms with Crippen LogP contribution in [0.4, 0.5) is 0 Å². The maximum atomic E-state index is 12.6. The van der Waals surface area contributed by atoms with Gasteiger partial charge in [0.05, 0.1) is 37.7 Å². The van der Waals surface area contributed by atoms with Gasteiger partial charge in [0.25, 0.3) is 5.91 Å². The molecule has 0 radical (unpaired) electrons. The number of aliphatic hydroxyl groups is 1. The lowest BCUT2D eigenvalue weighted by Crippen LogP contribution is -2.46. The molecule has 0 spiro atoms. The molecule has 2 saturated heterocycles. The lowest BCUT2D eigenvalue weighted by Gasteiger charge is -2.38. The van der Waals surface area contributed by atoms with E-state index in [0.29, 0.717) is 51.4 Å². The largest absolute Gasteiger partial charge is 0.491 e. The molecule has 3 heterocycles. The van der Waals surface area contributed by atoms with Gasteiger partial charge in [0.2, 0.25) is 0 Å². The van der Waals surface area contributed by atoms with Crippen molar-refractivity contribution in [3.05, 3.63) is 41.7 Å². The molecule has 0 aliphatic carbocycles. The van der Waals surface area contributed by atoms with Gasteiger partial charge in [-0.05, 0) is 44.4 Å². The van der Waals surface area contributed by atoms with Gasteiger partial charge in [-0.1, -0.05) is 17.3 Å². The number of piperidine rings is 1. The Morgan fingerprint density at radius 1 is 1.16 bits per heavy atom. The molecule has 9 heteroatoms. The van der Waals surface area contributed by atoms with E-state index in [1.54, 1.807) is 15.8 Å². The fourth-order valence-electron chi connectivity index (χ4n) is 4.19. The molecule has 1 aromatic heterocycles. The molecule has 1 N–H and O–H groups in total. The van der Waals surface area contributed by atoms with Crippen LogP contribution >= 0.6 is 0 Å². The van der Waals surface area contributed by atoms with Crippen molar-refractivity contribution in [3.63, 3.8) is 0 Å². The van der Waals surface area contributed by atoms with Crippen molar-refractivity contribution in [2.75, 3.05) is 39.4 Å². The Hall–Kier alpha value is -2.49. The van der Waals surface area contributed by atoms with Gasteiger partial charge < -0.3 is 19.5 Å². The minimum atomic E-state index is -0.849. The van der Waals surface area contributed by atoms with E-state index in [0.717, 1.165) is 25.4 Å². The average molecular weight is 444 g/mol. The number of carbonyl (C=O) groups excluding carboxylic acids is 1. The van der Waals surface area contributed by atoms with Crippen LogP contribution in [0.15, 0.2) is 30.5 Å². The minimum Gasteiger partial charge on any atom is -0.491 e. The highest BCUT2D eigenvalue weighted by Crippen LogP contribution is 2.25. The normalized spacial score (nSPS) is 19.3. The molecule has 2 aromatic rings. The predicted molar refractivity (Wildman–Crippen MR) is 118 cm³/mol. The Kier molecular flexibility index (Phi) is 7.07. The summed E-state index contributed by atoms with van der Waals surface area (Å²) in [5.74, 6) is 0.752. The third-order valence-corrected chi connectivity index (χ3v) is 6.00. The fraction of sp³-hybridized carbons (Fsp3) is 0.609. The van der Waals surface area contributed by atoms with Crippen molar-refractivity contribution in [2.45, 2.75) is 51.5 Å². The molecule has 1 aromatic carbocycles. The highest BCUT2D eigenvalue weighted by Gasteiger charge is 2.33. The Morgan fingerprint density at radius 3 is 2.50 bits per heavy atom. The topological polar surface area (TPSA) is 93.0 Å². The first kappa shape index (κ1) is 22.7. The van der Waals surface area contributed by atoms with Gasteiger partial charge in [0.1, 0.15) is 5.75 Å². The molecule has 1 amide bonds. The molecule has 2 fully saturated rings. The number of ether oxygens (including phenoxy) is 2. The summed E-state index contributed by atoms with van der Waals surface area (Å²) >= 11 is 0. The third-order valence-electron chi connectivity index (χ3n) is 6.00. The first-order valence-electron chi connectivity index (χ1n) is 11.4. The van der Waals surface area contributed by atoms with Gasteiger partial charge in [0, 0.05) is 32.7 Å². The first-order valence-corrected chi connectivity index (χ1v) is 11.4. The zero-order chi connectivity index (χ0) is 22.6. The van der Waals surface area contributed by atoms with Crippen LogP contribution in [0.5, 0.6) is 5.75 Å². The number of morpholine rings is 1. The maximum absolute atomic E-state index is 12.6. The zero-order valence-corrected chi connectivity index (χ0v) is 18.9. The van der Waals surface area contributed by atoms with E-state index in [-0.39, 0.29) is 12.0 Å². The number of likely N-dealkylation sites (tertiary alicyclic amines) is 1. The minimum absolute atomic E-state index is 0.133. The van der Waals surface area contributed by atoms with Crippen LogP contribution in [0, 0.1) is 0 Å². The number of hydrogen-bond acceptors (Lipinski definition) is 7. The van der Waals surface area contributed by atoms with E-state index >= 15 is 0 Å². The molecule has 32 heavy (non-hydrogen) atoms. The van der Waals surface area contributed by atoms with Gasteiger partial charge in [-0.15, -0.1) is 5.10 Å². The van der Waals surface area contributed by atoms with Crippen molar-refractivity contribution >= 4 is 5.91 Å². The van der Waals surface area contributed by atoms with E-state index in [9.17, 15) is 9.90 Å². The van der Waals surface area contributed by atoms with Crippen LogP contribution in [0.1, 0.15) is 42.7 Å². The summed E-state index contributed by atoms with van der Waals surface area (Å²) in [6.45, 7) is 9.06. The van der Waals surface area contributed by atoms with Crippen LogP contribution in [0.25, 0.3) is 0 Å². The second-order valence-electron chi connectivity index (χ2n) is 9.02. The summed E-state index contributed by atoms with van der Waals surface area (Å²) in [6, 6.07) is 8.22. The monoisotopic (exact) mass is 443 g/mol. The molecule has 0 bridgehead atoms. The Labute approximate surface area is 188 Å². The number of nitrogens with zero attached hydrogens (tertiary/aromatic N) is 5. The lowest BCUT2D eigenvalue weighted by atomic mass is 9.91. The second-order valence-corrected chi connectivity index (χ2v) is 9.02. The first-order chi connectivity index (χ1) is 15.4. The molecule has 174 valence electrons. The van der Waals surface area contributed by atoms with Gasteiger partial charge in [-0.2, -0.15) is 0 Å². The van der Waals surface area contributed by atoms with Crippen LogP contribution in [0.2, 0.25) is 0 Å². The highest BCUT2D eigenvalue weighted by molar-refractivity contribution is 5.91. The Balaban J connectivity index is 1.27. The van der Waals surface area contributed by atoms with Gasteiger partial charge in [-0.25, -0.2) is 4.68 Å². The van der Waals surface area contributed by atoms with Crippen LogP contribution in [0.3, 0.4) is 0 Å². The van der Waals surface area contributed by atoms with E-state index in [2.05, 4.69) is 27.3 Å². The van der Waals surface area contributed by atoms with Gasteiger partial charge in [0.15, 0.2) is 5.69 Å². The molecule has 2 aliphatic heterocycles. The Morgan fingerprint density at radius 2 is 1.84 bits per heavy atom. The molecular weight excluding hydrogens is 410 g/mol. The number of benzene rings is 1. The summed E-state index contributed by atoms with van der Waals surface area (Å²) in [4.78, 5) is 16.6. The molecule has 2 aliphatic rings. The number of carbonyl (C=O) groups is 1. The van der Waals surface area contributed by atoms with Crippen molar-refractivity contribution in [3.8, 4) is 5.75 Å². The quantitative estimate of drug-likeness (QED) is 0.694. The molecule has 0 unspecified atom stereocenters. The number of amides is 1. The van der Waals surface area contributed by atoms with E-state index in [1.165, 1.54) is 5.56 Å². The smallest absolute Gasteiger partial charge is 0.276 e. The van der Waals surface area contributed by atoms with Crippen LogP contribution < -0.4 is 4.74 Å². The third kappa shape index (κ3) is 5.85. The fourth-order valence-corrected chi connectivity index (χ4v) is 4.19. The average Bonchev–Trinajstić information content (AvgIpc) is 3.24. The Bertz CT molecular complexity index is 884. The van der Waals surface area contributed by atoms with Crippen LogP contribution in [-0.4, -0.2) is 86.9 Å². The summed E-state index contributed by atoms with van der Waals surface area (Å²) in [5, 5.41) is 19.2. The van der Waals surface area contributed by atoms with E-state index < -0.39 is 5.60 Å². The van der Waals surface area contributed by atoms with Gasteiger partial charge in [-0.3, -0.25) is 9.69 Å². The van der Waals surface area contributed by atoms with Crippen LogP contribution in [-0.2, 0) is 17.8 Å². The number of aromatic nitrogens is 3. The van der Waals surface area contributed by atoms with Crippen molar-refractivity contribution in [1.82, 2.24) is 24.8 Å². The summed E-state index contributed by atoms with van der Waals surface area (Å²) in [7, 11) is 0. The van der Waals surface area contributed by atoms with Crippen molar-refractivity contribution in [2.24, 2.45) is 0 Å². The number of hydrogen-bond donors (Lipinski definition) is 1. The number of rotatable bonds is 7. The van der Waals surface area contributed by atoms with Crippen molar-refractivity contribution in [1.29, 1.82) is 0 Å². The molecular formula is C23H33N5O4. The lowest BCUT2D eigenvalue weighted by molar-refractivity contribution is -0.0383. The van der Waals surface area contributed by atoms with E-state index in [1.807, 2.05) is 26.0 Å². The molecule has 4 rings (SSSR count). The molecule has 0 saturated carbocycles. The SMILES string of the molecule is CC(C)Oc1ccc(CN2CCC(O)(Cn3cc(C(=O)N4CCOCC4)nn3)CC2)cc1. The summed E-state index contributed by atoms with van der Waals surface area (Å²) < 4.78 is 12.6. The highest BCUT2D eigenvalue weighted by atomic mass is 16.5. The second kappa shape index (κ2) is 9.97. The standard InChI is InChI=1S/C23H33N5O4/c1-18(2)32-20-5-3-19(4-6-20)15-26-9-7-23(30,8-10-26)17-28-16-21(24-25-28)22(29)27-11-13-31-14-12-27/h3-6,16,18,30H,7-15,17H2,1-2H3. The summed E-state index contributed by atoms with van der Waals surface area (Å²) in [6.07, 6.45) is 3.10.